The van der Waals surface area contributed by atoms with Crippen LogP contribution in [0.5, 0.6) is 0 Å². The first-order chi connectivity index (χ1) is 10.5. The van der Waals surface area contributed by atoms with Gasteiger partial charge in [-0.2, -0.15) is 0 Å². The highest BCUT2D eigenvalue weighted by molar-refractivity contribution is 5.69. The number of aryl methyl sites for hydroxylation is 4. The summed E-state index contributed by atoms with van der Waals surface area (Å²) in [6.07, 6.45) is 2.75. The lowest BCUT2D eigenvalue weighted by atomic mass is 10.2. The minimum absolute atomic E-state index is 0.241. The lowest BCUT2D eigenvalue weighted by molar-refractivity contribution is 0.370. The summed E-state index contributed by atoms with van der Waals surface area (Å²) in [7, 11) is 3.34. The Bertz CT molecular complexity index is 944. The summed E-state index contributed by atoms with van der Waals surface area (Å²) in [5, 5.41) is 3.91. The minimum Gasteiger partial charge on any atom is -0.361 e. The Balaban J connectivity index is 2.01. The Morgan fingerprint density at radius 1 is 1.27 bits per heavy atom. The van der Waals surface area contributed by atoms with Crippen LogP contribution >= 0.6 is 0 Å². The Morgan fingerprint density at radius 2 is 2.05 bits per heavy atom. The summed E-state index contributed by atoms with van der Waals surface area (Å²) in [6, 6.07) is 1.85. The van der Waals surface area contributed by atoms with Crippen LogP contribution < -0.4 is 11.2 Å². The predicted octanol–water partition coefficient (Wildman–Crippen LogP) is 0.227. The molecular formula is C14H17N5O3. The van der Waals surface area contributed by atoms with Gasteiger partial charge >= 0.3 is 5.69 Å². The molecule has 0 bridgehead atoms. The van der Waals surface area contributed by atoms with Crippen molar-refractivity contribution in [3.8, 4) is 0 Å². The standard InChI is InChI=1S/C14H17N5O3/c1-4-9-7-10(22-16-9)5-6-19-13(20)11-12(15-8-17(11)2)18(3)14(19)21/h7-8H,4-6H2,1-3H3. The zero-order valence-corrected chi connectivity index (χ0v) is 12.7. The van der Waals surface area contributed by atoms with Crippen molar-refractivity contribution >= 4 is 11.2 Å². The first-order valence-corrected chi connectivity index (χ1v) is 7.08. The molecule has 0 fully saturated rings. The van der Waals surface area contributed by atoms with Crippen molar-refractivity contribution < 1.29 is 4.52 Å². The number of nitrogens with zero attached hydrogens (tertiary/aromatic N) is 5. The molecule has 0 radical (unpaired) electrons. The molecule has 0 aliphatic carbocycles. The highest BCUT2D eigenvalue weighted by Crippen LogP contribution is 2.06. The third kappa shape index (κ3) is 2.16. The maximum atomic E-state index is 12.5. The second kappa shape index (κ2) is 5.28. The van der Waals surface area contributed by atoms with E-state index in [1.165, 1.54) is 15.5 Å². The quantitative estimate of drug-likeness (QED) is 0.688. The Kier molecular flexibility index (Phi) is 3.44. The van der Waals surface area contributed by atoms with Gasteiger partial charge in [0.15, 0.2) is 11.2 Å². The molecule has 0 spiro atoms. The van der Waals surface area contributed by atoms with Crippen molar-refractivity contribution in [1.29, 1.82) is 0 Å². The molecule has 0 aliphatic rings. The summed E-state index contributed by atoms with van der Waals surface area (Å²) in [6.45, 7) is 2.23. The average Bonchev–Trinajstić information content (AvgIpc) is 3.11. The third-order valence-corrected chi connectivity index (χ3v) is 3.75. The van der Waals surface area contributed by atoms with E-state index in [0.717, 1.165) is 12.1 Å². The van der Waals surface area contributed by atoms with Crippen LogP contribution in [0.3, 0.4) is 0 Å². The lowest BCUT2D eigenvalue weighted by Crippen LogP contribution is -2.40. The van der Waals surface area contributed by atoms with Crippen molar-refractivity contribution in [2.24, 2.45) is 14.1 Å². The van der Waals surface area contributed by atoms with Gasteiger partial charge in [-0.3, -0.25) is 13.9 Å². The normalized spacial score (nSPS) is 11.4. The number of rotatable bonds is 4. The zero-order valence-electron chi connectivity index (χ0n) is 12.7. The van der Waals surface area contributed by atoms with Crippen molar-refractivity contribution in [2.75, 3.05) is 0 Å². The van der Waals surface area contributed by atoms with E-state index in [1.807, 2.05) is 13.0 Å². The SMILES string of the molecule is CCc1cc(CCn2c(=O)c3c(ncn3C)n(C)c2=O)on1. The van der Waals surface area contributed by atoms with Crippen LogP contribution in [0.1, 0.15) is 18.4 Å². The molecular weight excluding hydrogens is 286 g/mol. The highest BCUT2D eigenvalue weighted by Gasteiger charge is 2.15. The molecule has 0 aromatic carbocycles. The van der Waals surface area contributed by atoms with E-state index in [-0.39, 0.29) is 17.8 Å². The fourth-order valence-electron chi connectivity index (χ4n) is 2.46. The number of aromatic nitrogens is 5. The topological polar surface area (TPSA) is 87.9 Å². The molecule has 0 saturated heterocycles. The van der Waals surface area contributed by atoms with Gasteiger partial charge in [0.1, 0.15) is 5.76 Å². The smallest absolute Gasteiger partial charge is 0.332 e. The monoisotopic (exact) mass is 303 g/mol. The van der Waals surface area contributed by atoms with Crippen LogP contribution in [0.25, 0.3) is 11.2 Å². The molecule has 0 unspecified atom stereocenters. The van der Waals surface area contributed by atoms with Crippen molar-refractivity contribution in [3.63, 3.8) is 0 Å². The molecule has 0 aliphatic heterocycles. The van der Waals surface area contributed by atoms with Gasteiger partial charge in [0.2, 0.25) is 0 Å². The first kappa shape index (κ1) is 14.3. The van der Waals surface area contributed by atoms with Gasteiger partial charge in [-0.25, -0.2) is 9.78 Å². The highest BCUT2D eigenvalue weighted by atomic mass is 16.5. The second-order valence-corrected chi connectivity index (χ2v) is 5.21. The van der Waals surface area contributed by atoms with E-state index in [0.29, 0.717) is 23.3 Å². The molecule has 22 heavy (non-hydrogen) atoms. The summed E-state index contributed by atoms with van der Waals surface area (Å²) in [4.78, 5) is 28.9. The lowest BCUT2D eigenvalue weighted by Gasteiger charge is -2.07. The molecule has 0 atom stereocenters. The molecule has 3 aromatic heterocycles. The molecule has 3 aromatic rings. The molecule has 0 N–H and O–H groups in total. The van der Waals surface area contributed by atoms with Crippen molar-refractivity contribution in [3.05, 3.63) is 44.7 Å². The fourth-order valence-corrected chi connectivity index (χ4v) is 2.46. The summed E-state index contributed by atoms with van der Waals surface area (Å²) in [5.41, 5.74) is 0.938. The van der Waals surface area contributed by atoms with Gasteiger partial charge in [-0.15, -0.1) is 0 Å². The van der Waals surface area contributed by atoms with E-state index < -0.39 is 0 Å². The van der Waals surface area contributed by atoms with Gasteiger partial charge in [-0.05, 0) is 6.42 Å². The molecule has 3 rings (SSSR count). The molecule has 8 heteroatoms. The van der Waals surface area contributed by atoms with Crippen molar-refractivity contribution in [2.45, 2.75) is 26.3 Å². The van der Waals surface area contributed by atoms with Crippen LogP contribution in [0.2, 0.25) is 0 Å². The van der Waals surface area contributed by atoms with Crippen molar-refractivity contribution in [1.82, 2.24) is 23.8 Å². The molecule has 116 valence electrons. The van der Waals surface area contributed by atoms with E-state index >= 15 is 0 Å². The zero-order chi connectivity index (χ0) is 15.9. The largest absolute Gasteiger partial charge is 0.361 e. The fraction of sp³-hybridized carbons (Fsp3) is 0.429. The summed E-state index contributed by atoms with van der Waals surface area (Å²) >= 11 is 0. The molecule has 0 amide bonds. The second-order valence-electron chi connectivity index (χ2n) is 5.21. The van der Waals surface area contributed by atoms with Gasteiger partial charge in [0, 0.05) is 33.1 Å². The summed E-state index contributed by atoms with van der Waals surface area (Å²) < 4.78 is 9.40. The van der Waals surface area contributed by atoms with E-state index in [4.69, 9.17) is 4.52 Å². The van der Waals surface area contributed by atoms with Crippen LogP contribution in [0.4, 0.5) is 0 Å². The Morgan fingerprint density at radius 3 is 2.73 bits per heavy atom. The van der Waals surface area contributed by atoms with Gasteiger partial charge in [-0.1, -0.05) is 12.1 Å². The van der Waals surface area contributed by atoms with Crippen LogP contribution in [0.15, 0.2) is 26.5 Å². The minimum atomic E-state index is -0.383. The summed E-state index contributed by atoms with van der Waals surface area (Å²) in [5.74, 6) is 0.663. The maximum absolute atomic E-state index is 12.5. The first-order valence-electron chi connectivity index (χ1n) is 7.08. The van der Waals surface area contributed by atoms with Gasteiger partial charge in [0.05, 0.1) is 12.0 Å². The van der Waals surface area contributed by atoms with Gasteiger partial charge < -0.3 is 9.09 Å². The van der Waals surface area contributed by atoms with Crippen LogP contribution in [0, 0.1) is 0 Å². The number of imidazole rings is 1. The predicted molar refractivity (Wildman–Crippen MR) is 79.8 cm³/mol. The van der Waals surface area contributed by atoms with Crippen LogP contribution in [-0.4, -0.2) is 23.8 Å². The Labute approximate surface area is 125 Å². The Hall–Kier alpha value is -2.64. The molecule has 0 saturated carbocycles. The number of hydrogen-bond donors (Lipinski definition) is 0. The van der Waals surface area contributed by atoms with E-state index in [9.17, 15) is 9.59 Å². The number of fused-ring (bicyclic) bond motifs is 1. The maximum Gasteiger partial charge on any atom is 0.332 e. The third-order valence-electron chi connectivity index (χ3n) is 3.75. The van der Waals surface area contributed by atoms with E-state index in [2.05, 4.69) is 10.1 Å². The van der Waals surface area contributed by atoms with Crippen LogP contribution in [-0.2, 0) is 33.5 Å². The average molecular weight is 303 g/mol. The van der Waals surface area contributed by atoms with E-state index in [1.54, 1.807) is 18.7 Å². The molecule has 3 heterocycles. The van der Waals surface area contributed by atoms with Gasteiger partial charge in [0.25, 0.3) is 5.56 Å². The number of hydrogen-bond acceptors (Lipinski definition) is 5. The molecule has 8 nitrogen and oxygen atoms in total.